The van der Waals surface area contributed by atoms with Gasteiger partial charge in [0.1, 0.15) is 5.69 Å². The number of carbonyl (C=O) groups excluding carboxylic acids is 1. The molecule has 0 fully saturated rings. The van der Waals surface area contributed by atoms with Crippen molar-refractivity contribution in [3.05, 3.63) is 28.0 Å². The number of ketones is 1. The van der Waals surface area contributed by atoms with Gasteiger partial charge in [-0.25, -0.2) is 9.67 Å². The van der Waals surface area contributed by atoms with Gasteiger partial charge in [0.15, 0.2) is 5.78 Å². The Bertz CT molecular complexity index is 488. The van der Waals surface area contributed by atoms with E-state index in [1.54, 1.807) is 18.4 Å². The van der Waals surface area contributed by atoms with Gasteiger partial charge in [-0.1, -0.05) is 5.21 Å². The third-order valence-corrected chi connectivity index (χ3v) is 2.83. The minimum Gasteiger partial charge on any atom is -0.292 e. The standard InChI is InChI=1S/C9H10N4OS/c1-6-11-7(5-15-6)3-9(14)8-4-10-12-13(8)2/h4-5H,3H2,1-2H3. The fourth-order valence-corrected chi connectivity index (χ4v) is 1.90. The summed E-state index contributed by atoms with van der Waals surface area (Å²) in [4.78, 5) is 16.0. The van der Waals surface area contributed by atoms with Gasteiger partial charge in [0.25, 0.3) is 0 Å². The first-order valence-corrected chi connectivity index (χ1v) is 5.33. The lowest BCUT2D eigenvalue weighted by Crippen LogP contribution is -2.09. The molecule has 0 saturated heterocycles. The predicted molar refractivity (Wildman–Crippen MR) is 55.9 cm³/mol. The average molecular weight is 222 g/mol. The molecule has 2 aromatic rings. The van der Waals surface area contributed by atoms with E-state index < -0.39 is 0 Å². The molecule has 0 unspecified atom stereocenters. The van der Waals surface area contributed by atoms with Crippen LogP contribution >= 0.6 is 11.3 Å². The Kier molecular flexibility index (Phi) is 2.59. The number of hydrogen-bond donors (Lipinski definition) is 0. The number of aromatic nitrogens is 4. The van der Waals surface area contributed by atoms with Crippen molar-refractivity contribution in [3.8, 4) is 0 Å². The first kappa shape index (κ1) is 9.97. The maximum Gasteiger partial charge on any atom is 0.188 e. The first-order valence-electron chi connectivity index (χ1n) is 4.45. The molecule has 0 amide bonds. The van der Waals surface area contributed by atoms with Crippen LogP contribution in [-0.4, -0.2) is 25.8 Å². The van der Waals surface area contributed by atoms with E-state index in [0.717, 1.165) is 10.7 Å². The van der Waals surface area contributed by atoms with Gasteiger partial charge in [-0.15, -0.1) is 16.4 Å². The molecule has 0 saturated carbocycles. The van der Waals surface area contributed by atoms with E-state index in [4.69, 9.17) is 0 Å². The van der Waals surface area contributed by atoms with Gasteiger partial charge in [-0.2, -0.15) is 0 Å². The molecule has 5 nitrogen and oxygen atoms in total. The molecule has 0 aliphatic heterocycles. The fourth-order valence-electron chi connectivity index (χ4n) is 1.29. The highest BCUT2D eigenvalue weighted by molar-refractivity contribution is 7.09. The Morgan fingerprint density at radius 2 is 2.40 bits per heavy atom. The molecule has 2 heterocycles. The summed E-state index contributed by atoms with van der Waals surface area (Å²) in [6.07, 6.45) is 1.78. The molecule has 0 spiro atoms. The predicted octanol–water partition coefficient (Wildman–Crippen LogP) is 1.01. The molecule has 0 atom stereocenters. The van der Waals surface area contributed by atoms with Crippen LogP contribution in [0.4, 0.5) is 0 Å². The Morgan fingerprint density at radius 3 is 2.93 bits per heavy atom. The zero-order chi connectivity index (χ0) is 10.8. The normalized spacial score (nSPS) is 10.5. The minimum atomic E-state index is -0.00667. The van der Waals surface area contributed by atoms with Crippen LogP contribution in [-0.2, 0) is 13.5 Å². The van der Waals surface area contributed by atoms with Crippen molar-refractivity contribution in [1.82, 2.24) is 20.0 Å². The van der Waals surface area contributed by atoms with E-state index in [2.05, 4.69) is 15.3 Å². The summed E-state index contributed by atoms with van der Waals surface area (Å²) >= 11 is 1.55. The van der Waals surface area contributed by atoms with Gasteiger partial charge in [0, 0.05) is 12.4 Å². The van der Waals surface area contributed by atoms with Gasteiger partial charge in [-0.3, -0.25) is 4.79 Å². The molecule has 0 N–H and O–H groups in total. The van der Waals surface area contributed by atoms with Crippen molar-refractivity contribution in [2.45, 2.75) is 13.3 Å². The van der Waals surface area contributed by atoms with Crippen LogP contribution in [0.5, 0.6) is 0 Å². The summed E-state index contributed by atoms with van der Waals surface area (Å²) in [5.74, 6) is -0.00667. The van der Waals surface area contributed by atoms with E-state index in [1.165, 1.54) is 10.9 Å². The van der Waals surface area contributed by atoms with Crippen LogP contribution in [0.1, 0.15) is 21.2 Å². The van der Waals surface area contributed by atoms with E-state index in [-0.39, 0.29) is 5.78 Å². The largest absolute Gasteiger partial charge is 0.292 e. The summed E-state index contributed by atoms with van der Waals surface area (Å²) in [7, 11) is 1.70. The second-order valence-electron chi connectivity index (χ2n) is 3.20. The van der Waals surface area contributed by atoms with Crippen molar-refractivity contribution in [3.63, 3.8) is 0 Å². The van der Waals surface area contributed by atoms with E-state index >= 15 is 0 Å². The molecule has 0 bridgehead atoms. The van der Waals surface area contributed by atoms with Gasteiger partial charge < -0.3 is 0 Å². The third-order valence-electron chi connectivity index (χ3n) is 2.01. The number of nitrogens with zero attached hydrogens (tertiary/aromatic N) is 4. The molecule has 2 rings (SSSR count). The smallest absolute Gasteiger partial charge is 0.188 e. The lowest BCUT2D eigenvalue weighted by molar-refractivity contribution is 0.0983. The molecule has 6 heteroatoms. The highest BCUT2D eigenvalue weighted by atomic mass is 32.1. The lowest BCUT2D eigenvalue weighted by atomic mass is 10.2. The second kappa shape index (κ2) is 3.90. The Labute approximate surface area is 90.8 Å². The van der Waals surface area contributed by atoms with Crippen molar-refractivity contribution < 1.29 is 4.79 Å². The van der Waals surface area contributed by atoms with Crippen LogP contribution in [0.25, 0.3) is 0 Å². The van der Waals surface area contributed by atoms with Crippen LogP contribution < -0.4 is 0 Å². The zero-order valence-electron chi connectivity index (χ0n) is 8.47. The number of Topliss-reactive ketones (excluding diaryl/α,β-unsaturated/α-hetero) is 1. The van der Waals surface area contributed by atoms with Crippen molar-refractivity contribution in [2.75, 3.05) is 0 Å². The van der Waals surface area contributed by atoms with Crippen LogP contribution in [0.2, 0.25) is 0 Å². The average Bonchev–Trinajstić information content (AvgIpc) is 2.75. The van der Waals surface area contributed by atoms with Gasteiger partial charge in [-0.05, 0) is 6.92 Å². The van der Waals surface area contributed by atoms with Crippen LogP contribution in [0.15, 0.2) is 11.6 Å². The van der Waals surface area contributed by atoms with Crippen molar-refractivity contribution in [2.24, 2.45) is 7.05 Å². The molecule has 78 valence electrons. The monoisotopic (exact) mass is 222 g/mol. The molecular formula is C9H10N4OS. The quantitative estimate of drug-likeness (QED) is 0.727. The Morgan fingerprint density at radius 1 is 1.60 bits per heavy atom. The Hall–Kier alpha value is -1.56. The van der Waals surface area contributed by atoms with Crippen LogP contribution in [0.3, 0.4) is 0 Å². The second-order valence-corrected chi connectivity index (χ2v) is 4.26. The molecule has 15 heavy (non-hydrogen) atoms. The summed E-state index contributed by atoms with van der Waals surface area (Å²) < 4.78 is 1.47. The maximum atomic E-state index is 11.8. The lowest BCUT2D eigenvalue weighted by Gasteiger charge is -1.97. The van der Waals surface area contributed by atoms with Crippen molar-refractivity contribution >= 4 is 17.1 Å². The SMILES string of the molecule is Cc1nc(CC(=O)c2cnnn2C)cs1. The topological polar surface area (TPSA) is 60.7 Å². The minimum absolute atomic E-state index is 0.00667. The van der Waals surface area contributed by atoms with E-state index in [9.17, 15) is 4.79 Å². The van der Waals surface area contributed by atoms with E-state index in [0.29, 0.717) is 12.1 Å². The molecule has 2 aromatic heterocycles. The summed E-state index contributed by atoms with van der Waals surface area (Å²) in [5, 5.41) is 10.2. The highest BCUT2D eigenvalue weighted by Crippen LogP contribution is 2.10. The molecule has 0 aliphatic carbocycles. The third kappa shape index (κ3) is 2.10. The Balaban J connectivity index is 2.14. The summed E-state index contributed by atoms with van der Waals surface area (Å²) in [6.45, 7) is 1.92. The van der Waals surface area contributed by atoms with Gasteiger partial charge in [0.05, 0.1) is 23.3 Å². The summed E-state index contributed by atoms with van der Waals surface area (Å²) in [5.41, 5.74) is 1.32. The first-order chi connectivity index (χ1) is 7.16. The van der Waals surface area contributed by atoms with Crippen molar-refractivity contribution in [1.29, 1.82) is 0 Å². The maximum absolute atomic E-state index is 11.8. The zero-order valence-corrected chi connectivity index (χ0v) is 9.28. The fraction of sp³-hybridized carbons (Fsp3) is 0.333. The highest BCUT2D eigenvalue weighted by Gasteiger charge is 2.13. The number of aryl methyl sites for hydroxylation is 2. The van der Waals surface area contributed by atoms with E-state index in [1.807, 2.05) is 12.3 Å². The number of hydrogen-bond acceptors (Lipinski definition) is 5. The van der Waals surface area contributed by atoms with Gasteiger partial charge >= 0.3 is 0 Å². The molecule has 0 aliphatic rings. The summed E-state index contributed by atoms with van der Waals surface area (Å²) in [6, 6.07) is 0. The number of carbonyl (C=O) groups is 1. The van der Waals surface area contributed by atoms with Crippen LogP contribution in [0, 0.1) is 6.92 Å². The molecule has 0 radical (unpaired) electrons. The number of rotatable bonds is 3. The molecular weight excluding hydrogens is 212 g/mol. The molecule has 0 aromatic carbocycles. The van der Waals surface area contributed by atoms with Gasteiger partial charge in [0.2, 0.25) is 0 Å². The number of thiazole rings is 1.